The summed E-state index contributed by atoms with van der Waals surface area (Å²) >= 11 is 0. The van der Waals surface area contributed by atoms with Gasteiger partial charge in [0, 0.05) is 13.6 Å². The van der Waals surface area contributed by atoms with E-state index in [1.165, 1.54) is 6.07 Å². The zero-order valence-electron chi connectivity index (χ0n) is 16.2. The Labute approximate surface area is 164 Å². The largest absolute Gasteiger partial charge is 0.356 e. The van der Waals surface area contributed by atoms with Gasteiger partial charge in [-0.15, -0.1) is 10.2 Å². The predicted octanol–water partition coefficient (Wildman–Crippen LogP) is 2.74. The van der Waals surface area contributed by atoms with Crippen LogP contribution in [0.4, 0.5) is 4.39 Å². The highest BCUT2D eigenvalue weighted by Gasteiger charge is 2.07. The summed E-state index contributed by atoms with van der Waals surface area (Å²) in [7, 11) is 1.93. The fourth-order valence-corrected chi connectivity index (χ4v) is 2.71. The molecule has 0 bridgehead atoms. The van der Waals surface area contributed by atoms with Gasteiger partial charge in [-0.25, -0.2) is 9.38 Å². The van der Waals surface area contributed by atoms with Crippen molar-refractivity contribution in [1.82, 2.24) is 25.4 Å². The SMILES string of the molecule is Cc1nnc(CNC(=NCc2ccccc2)NCCc2ccccc2F)n1C. The Balaban J connectivity index is 1.63. The summed E-state index contributed by atoms with van der Waals surface area (Å²) in [5.41, 5.74) is 1.80. The maximum atomic E-state index is 13.8. The molecule has 0 aliphatic heterocycles. The lowest BCUT2D eigenvalue weighted by atomic mass is 10.1. The van der Waals surface area contributed by atoms with Gasteiger partial charge in [0.1, 0.15) is 11.6 Å². The van der Waals surface area contributed by atoms with Crippen molar-refractivity contribution in [3.8, 4) is 0 Å². The van der Waals surface area contributed by atoms with E-state index < -0.39 is 0 Å². The molecule has 2 N–H and O–H groups in total. The number of aromatic nitrogens is 3. The van der Waals surface area contributed by atoms with E-state index in [-0.39, 0.29) is 5.82 Å². The van der Waals surface area contributed by atoms with Crippen molar-refractivity contribution < 1.29 is 4.39 Å². The van der Waals surface area contributed by atoms with E-state index in [4.69, 9.17) is 0 Å². The molecule has 28 heavy (non-hydrogen) atoms. The molecule has 0 saturated carbocycles. The van der Waals surface area contributed by atoms with Crippen molar-refractivity contribution in [2.75, 3.05) is 6.54 Å². The Morgan fingerprint density at radius 2 is 1.79 bits per heavy atom. The third kappa shape index (κ3) is 5.39. The van der Waals surface area contributed by atoms with Crippen molar-refractivity contribution in [2.24, 2.45) is 12.0 Å². The fraction of sp³-hybridized carbons (Fsp3) is 0.286. The minimum absolute atomic E-state index is 0.186. The Hall–Kier alpha value is -3.22. The summed E-state index contributed by atoms with van der Waals surface area (Å²) in [6, 6.07) is 16.9. The lowest BCUT2D eigenvalue weighted by Crippen LogP contribution is -2.38. The molecule has 3 aromatic rings. The normalized spacial score (nSPS) is 11.5. The average Bonchev–Trinajstić information content (AvgIpc) is 3.04. The van der Waals surface area contributed by atoms with Crippen LogP contribution in [0.15, 0.2) is 59.6 Å². The standard InChI is InChI=1S/C21H25FN6/c1-16-26-27-20(28(16)2)15-25-21(24-14-17-8-4-3-5-9-17)23-13-12-18-10-6-7-11-19(18)22/h3-11H,12-15H2,1-2H3,(H2,23,24,25). The smallest absolute Gasteiger partial charge is 0.191 e. The number of aliphatic imine (C=N–C) groups is 1. The Kier molecular flexibility index (Phi) is 6.73. The van der Waals surface area contributed by atoms with Gasteiger partial charge < -0.3 is 15.2 Å². The molecule has 3 rings (SSSR count). The maximum Gasteiger partial charge on any atom is 0.191 e. The molecule has 0 atom stereocenters. The molecule has 2 aromatic carbocycles. The predicted molar refractivity (Wildman–Crippen MR) is 108 cm³/mol. The number of halogens is 1. The molecule has 0 radical (unpaired) electrons. The Bertz CT molecular complexity index is 920. The number of hydrogen-bond acceptors (Lipinski definition) is 3. The second-order valence-corrected chi connectivity index (χ2v) is 6.49. The van der Waals surface area contributed by atoms with Crippen LogP contribution in [-0.4, -0.2) is 27.3 Å². The van der Waals surface area contributed by atoms with Gasteiger partial charge in [-0.2, -0.15) is 0 Å². The highest BCUT2D eigenvalue weighted by atomic mass is 19.1. The molecular weight excluding hydrogens is 355 g/mol. The van der Waals surface area contributed by atoms with Crippen molar-refractivity contribution in [3.05, 3.63) is 83.2 Å². The van der Waals surface area contributed by atoms with Crippen LogP contribution in [0.5, 0.6) is 0 Å². The molecule has 1 aromatic heterocycles. The molecule has 0 aliphatic rings. The first-order valence-corrected chi connectivity index (χ1v) is 9.28. The third-order valence-electron chi connectivity index (χ3n) is 4.50. The number of nitrogens with zero attached hydrogens (tertiary/aromatic N) is 4. The van der Waals surface area contributed by atoms with E-state index in [0.29, 0.717) is 37.6 Å². The minimum atomic E-state index is -0.186. The zero-order chi connectivity index (χ0) is 19.8. The maximum absolute atomic E-state index is 13.8. The van der Waals surface area contributed by atoms with Crippen molar-refractivity contribution in [3.63, 3.8) is 0 Å². The van der Waals surface area contributed by atoms with Crippen LogP contribution in [0, 0.1) is 12.7 Å². The van der Waals surface area contributed by atoms with Gasteiger partial charge in [0.05, 0.1) is 13.1 Å². The van der Waals surface area contributed by atoms with Gasteiger partial charge in [0.25, 0.3) is 0 Å². The molecule has 1 heterocycles. The van der Waals surface area contributed by atoms with Gasteiger partial charge in [-0.3, -0.25) is 0 Å². The quantitative estimate of drug-likeness (QED) is 0.489. The first-order chi connectivity index (χ1) is 13.6. The van der Waals surface area contributed by atoms with E-state index in [9.17, 15) is 4.39 Å². The van der Waals surface area contributed by atoms with Crippen molar-refractivity contribution in [1.29, 1.82) is 0 Å². The van der Waals surface area contributed by atoms with Crippen LogP contribution in [0.25, 0.3) is 0 Å². The van der Waals surface area contributed by atoms with Crippen LogP contribution < -0.4 is 10.6 Å². The third-order valence-corrected chi connectivity index (χ3v) is 4.50. The number of nitrogens with one attached hydrogen (secondary N) is 2. The van der Waals surface area contributed by atoms with Gasteiger partial charge in [-0.1, -0.05) is 48.5 Å². The molecule has 0 fully saturated rings. The van der Waals surface area contributed by atoms with Crippen molar-refractivity contribution in [2.45, 2.75) is 26.4 Å². The molecule has 0 saturated heterocycles. The average molecular weight is 380 g/mol. The highest BCUT2D eigenvalue weighted by Crippen LogP contribution is 2.06. The molecule has 0 aliphatic carbocycles. The topological polar surface area (TPSA) is 67.1 Å². The molecule has 0 amide bonds. The van der Waals surface area contributed by atoms with E-state index >= 15 is 0 Å². The highest BCUT2D eigenvalue weighted by molar-refractivity contribution is 5.79. The van der Waals surface area contributed by atoms with E-state index in [0.717, 1.165) is 17.2 Å². The summed E-state index contributed by atoms with van der Waals surface area (Å²) in [5.74, 6) is 2.14. The summed E-state index contributed by atoms with van der Waals surface area (Å²) in [5, 5.41) is 14.8. The summed E-state index contributed by atoms with van der Waals surface area (Å²) < 4.78 is 15.7. The van der Waals surface area contributed by atoms with E-state index in [1.54, 1.807) is 12.1 Å². The number of guanidine groups is 1. The van der Waals surface area contributed by atoms with Crippen LogP contribution in [0.3, 0.4) is 0 Å². The second kappa shape index (κ2) is 9.64. The second-order valence-electron chi connectivity index (χ2n) is 6.49. The first kappa shape index (κ1) is 19.5. The van der Waals surface area contributed by atoms with Crippen LogP contribution in [-0.2, 0) is 26.6 Å². The molecule has 146 valence electrons. The van der Waals surface area contributed by atoms with Gasteiger partial charge in [0.2, 0.25) is 0 Å². The number of aryl methyl sites for hydroxylation is 1. The molecule has 0 unspecified atom stereocenters. The zero-order valence-corrected chi connectivity index (χ0v) is 16.2. The van der Waals surface area contributed by atoms with E-state index in [1.807, 2.05) is 54.9 Å². The van der Waals surface area contributed by atoms with Crippen LogP contribution >= 0.6 is 0 Å². The number of hydrogen-bond donors (Lipinski definition) is 2. The summed E-state index contributed by atoms with van der Waals surface area (Å²) in [6.45, 7) is 3.53. The minimum Gasteiger partial charge on any atom is -0.356 e. The van der Waals surface area contributed by atoms with Gasteiger partial charge in [0.15, 0.2) is 11.8 Å². The number of benzene rings is 2. The van der Waals surface area contributed by atoms with Gasteiger partial charge in [-0.05, 0) is 30.5 Å². The van der Waals surface area contributed by atoms with Gasteiger partial charge >= 0.3 is 0 Å². The van der Waals surface area contributed by atoms with Crippen LogP contribution in [0.1, 0.15) is 22.8 Å². The Morgan fingerprint density at radius 1 is 1.04 bits per heavy atom. The fourth-order valence-electron chi connectivity index (χ4n) is 2.71. The van der Waals surface area contributed by atoms with E-state index in [2.05, 4.69) is 25.8 Å². The Morgan fingerprint density at radius 3 is 2.50 bits per heavy atom. The lowest BCUT2D eigenvalue weighted by molar-refractivity contribution is 0.606. The van der Waals surface area contributed by atoms with Crippen molar-refractivity contribution >= 4 is 5.96 Å². The molecule has 0 spiro atoms. The molecule has 6 nitrogen and oxygen atoms in total. The lowest BCUT2D eigenvalue weighted by Gasteiger charge is -2.13. The molecule has 7 heteroatoms. The molecular formula is C21H25FN6. The monoisotopic (exact) mass is 380 g/mol. The summed E-state index contributed by atoms with van der Waals surface area (Å²) in [4.78, 5) is 4.64. The number of rotatable bonds is 7. The van der Waals surface area contributed by atoms with Crippen LogP contribution in [0.2, 0.25) is 0 Å². The first-order valence-electron chi connectivity index (χ1n) is 9.28. The summed E-state index contributed by atoms with van der Waals surface area (Å²) in [6.07, 6.45) is 0.571.